The number of quaternary nitrogens is 1. The standard InChI is InChI=1S/C22H28INO4/c1-14(23)20(25)27-19-13-15-11-16(19)12-18(15)21(26)28-22(7-9-24-10-8-22)17-5-3-2-4-6-17/h2-6,14-16,18-19,24H,7-13H2,1H3/p+1. The van der Waals surface area contributed by atoms with E-state index in [1.54, 1.807) is 0 Å². The lowest BCUT2D eigenvalue weighted by Gasteiger charge is -2.38. The number of fused-ring (bicyclic) bond motifs is 2. The fraction of sp³-hybridized carbons (Fsp3) is 0.636. The van der Waals surface area contributed by atoms with Crippen LogP contribution in [0.5, 0.6) is 0 Å². The Bertz CT molecular complexity index is 717. The average Bonchev–Trinajstić information content (AvgIpc) is 3.30. The zero-order valence-electron chi connectivity index (χ0n) is 16.3. The minimum absolute atomic E-state index is 0.0221. The number of alkyl halides is 1. The molecule has 152 valence electrons. The Balaban J connectivity index is 1.42. The molecule has 1 aromatic carbocycles. The zero-order valence-corrected chi connectivity index (χ0v) is 18.5. The lowest BCUT2D eigenvalue weighted by Crippen LogP contribution is -2.87. The van der Waals surface area contributed by atoms with Gasteiger partial charge in [0.05, 0.1) is 19.0 Å². The number of rotatable bonds is 5. The average molecular weight is 498 g/mol. The lowest BCUT2D eigenvalue weighted by atomic mass is 9.83. The molecule has 0 spiro atoms. The number of hydrogen-bond acceptors (Lipinski definition) is 4. The molecule has 2 aliphatic carbocycles. The summed E-state index contributed by atoms with van der Waals surface area (Å²) < 4.78 is 11.8. The first-order valence-electron chi connectivity index (χ1n) is 10.4. The van der Waals surface area contributed by atoms with Crippen LogP contribution < -0.4 is 5.32 Å². The van der Waals surface area contributed by atoms with E-state index in [1.165, 1.54) is 0 Å². The summed E-state index contributed by atoms with van der Waals surface area (Å²) in [5, 5.41) is 2.29. The van der Waals surface area contributed by atoms with Crippen molar-refractivity contribution in [1.82, 2.24) is 0 Å². The van der Waals surface area contributed by atoms with E-state index in [0.717, 1.165) is 50.8 Å². The van der Waals surface area contributed by atoms with Crippen LogP contribution in [0.4, 0.5) is 0 Å². The second-order valence-corrected chi connectivity index (χ2v) is 10.4. The molecule has 3 fully saturated rings. The van der Waals surface area contributed by atoms with E-state index in [1.807, 2.05) is 25.1 Å². The van der Waals surface area contributed by atoms with Crippen LogP contribution in [0.15, 0.2) is 30.3 Å². The minimum Gasteiger partial charge on any atom is -0.461 e. The normalized spacial score (nSPS) is 31.9. The quantitative estimate of drug-likeness (QED) is 0.385. The highest BCUT2D eigenvalue weighted by Gasteiger charge is 2.52. The lowest BCUT2D eigenvalue weighted by molar-refractivity contribution is -0.668. The molecular formula is C22H29INO4+. The fourth-order valence-corrected chi connectivity index (χ4v) is 5.45. The van der Waals surface area contributed by atoms with Crippen LogP contribution in [-0.4, -0.2) is 35.1 Å². The monoisotopic (exact) mass is 498 g/mol. The van der Waals surface area contributed by atoms with Gasteiger partial charge >= 0.3 is 11.9 Å². The molecule has 5 nitrogen and oxygen atoms in total. The van der Waals surface area contributed by atoms with E-state index >= 15 is 0 Å². The summed E-state index contributed by atoms with van der Waals surface area (Å²) in [5.41, 5.74) is 0.625. The van der Waals surface area contributed by atoms with Gasteiger partial charge < -0.3 is 14.8 Å². The Morgan fingerprint density at radius 3 is 2.43 bits per heavy atom. The van der Waals surface area contributed by atoms with Crippen molar-refractivity contribution >= 4 is 34.5 Å². The number of carbonyl (C=O) groups is 2. The van der Waals surface area contributed by atoms with Gasteiger partial charge in [0.25, 0.3) is 0 Å². The summed E-state index contributed by atoms with van der Waals surface area (Å²) in [6, 6.07) is 10.2. The molecule has 2 bridgehead atoms. The summed E-state index contributed by atoms with van der Waals surface area (Å²) in [5.74, 6) is 0.337. The van der Waals surface area contributed by atoms with Gasteiger partial charge in [-0.3, -0.25) is 9.59 Å². The number of esters is 2. The molecule has 0 radical (unpaired) electrons. The molecule has 1 saturated heterocycles. The van der Waals surface area contributed by atoms with Crippen molar-refractivity contribution in [3.8, 4) is 0 Å². The van der Waals surface area contributed by atoms with E-state index in [4.69, 9.17) is 9.47 Å². The summed E-state index contributed by atoms with van der Waals surface area (Å²) in [6.07, 6.45) is 4.25. The summed E-state index contributed by atoms with van der Waals surface area (Å²) in [4.78, 5) is 25.1. The van der Waals surface area contributed by atoms with Crippen LogP contribution in [-0.2, 0) is 24.7 Å². The molecule has 0 amide bonds. The summed E-state index contributed by atoms with van der Waals surface area (Å²) in [6.45, 7) is 3.80. The van der Waals surface area contributed by atoms with Crippen molar-refractivity contribution in [2.45, 2.75) is 54.7 Å². The first kappa shape index (κ1) is 20.1. The number of benzene rings is 1. The van der Waals surface area contributed by atoms with Gasteiger partial charge in [0.15, 0.2) is 0 Å². The number of ether oxygens (including phenoxy) is 2. The summed E-state index contributed by atoms with van der Waals surface area (Å²) >= 11 is 2.09. The first-order chi connectivity index (χ1) is 13.5. The maximum atomic E-state index is 13.2. The Morgan fingerprint density at radius 1 is 1.11 bits per heavy atom. The Kier molecular flexibility index (Phi) is 5.97. The van der Waals surface area contributed by atoms with Crippen LogP contribution in [0, 0.1) is 17.8 Å². The molecule has 1 aromatic rings. The van der Waals surface area contributed by atoms with Gasteiger partial charge in [-0.1, -0.05) is 52.9 Å². The van der Waals surface area contributed by atoms with Gasteiger partial charge in [0.2, 0.25) is 0 Å². The van der Waals surface area contributed by atoms with Gasteiger partial charge in [-0.25, -0.2) is 0 Å². The van der Waals surface area contributed by atoms with Gasteiger partial charge in [0, 0.05) is 12.8 Å². The molecule has 28 heavy (non-hydrogen) atoms. The molecule has 0 aromatic heterocycles. The molecule has 1 heterocycles. The third-order valence-corrected chi connectivity index (χ3v) is 7.30. The second kappa shape index (κ2) is 8.30. The van der Waals surface area contributed by atoms with Crippen molar-refractivity contribution in [2.24, 2.45) is 17.8 Å². The van der Waals surface area contributed by atoms with Gasteiger partial charge in [-0.05, 0) is 43.6 Å². The highest BCUT2D eigenvalue weighted by Crippen LogP contribution is 2.51. The molecule has 1 aliphatic heterocycles. The van der Waals surface area contributed by atoms with Gasteiger partial charge in [0.1, 0.15) is 15.6 Å². The van der Waals surface area contributed by atoms with Crippen molar-refractivity contribution in [3.63, 3.8) is 0 Å². The number of hydrogen-bond donors (Lipinski definition) is 1. The van der Waals surface area contributed by atoms with Gasteiger partial charge in [-0.15, -0.1) is 0 Å². The van der Waals surface area contributed by atoms with Crippen molar-refractivity contribution in [3.05, 3.63) is 35.9 Å². The fourth-order valence-electron chi connectivity index (χ4n) is 5.30. The largest absolute Gasteiger partial charge is 0.461 e. The molecule has 6 heteroatoms. The molecule has 5 unspecified atom stereocenters. The maximum Gasteiger partial charge on any atom is 0.318 e. The zero-order chi connectivity index (χ0) is 19.7. The molecule has 5 atom stereocenters. The van der Waals surface area contributed by atoms with Crippen LogP contribution in [0.3, 0.4) is 0 Å². The van der Waals surface area contributed by atoms with Gasteiger partial charge in [-0.2, -0.15) is 0 Å². The minimum atomic E-state index is -0.489. The van der Waals surface area contributed by atoms with E-state index in [9.17, 15) is 9.59 Å². The predicted molar refractivity (Wildman–Crippen MR) is 113 cm³/mol. The number of halogens is 1. The SMILES string of the molecule is CC(I)C(=O)OC1CC2CC1CC2C(=O)OC1(c2ccccc2)CC[NH2+]CC1. The third-order valence-electron chi connectivity index (χ3n) is 6.79. The smallest absolute Gasteiger partial charge is 0.318 e. The molecule has 3 aliphatic rings. The number of nitrogens with two attached hydrogens (primary N) is 1. The Hall–Kier alpha value is -1.15. The first-order valence-corrected chi connectivity index (χ1v) is 11.7. The maximum absolute atomic E-state index is 13.2. The topological polar surface area (TPSA) is 69.2 Å². The molecule has 2 saturated carbocycles. The summed E-state index contributed by atoms with van der Waals surface area (Å²) in [7, 11) is 0. The number of carbonyl (C=O) groups excluding carboxylic acids is 2. The van der Waals surface area contributed by atoms with Crippen LogP contribution in [0.1, 0.15) is 44.6 Å². The van der Waals surface area contributed by atoms with E-state index in [0.29, 0.717) is 5.92 Å². The van der Waals surface area contributed by atoms with Crippen LogP contribution in [0.25, 0.3) is 0 Å². The van der Waals surface area contributed by atoms with Crippen molar-refractivity contribution in [2.75, 3.05) is 13.1 Å². The van der Waals surface area contributed by atoms with Crippen molar-refractivity contribution in [1.29, 1.82) is 0 Å². The van der Waals surface area contributed by atoms with E-state index in [2.05, 4.69) is 40.0 Å². The van der Waals surface area contributed by atoms with E-state index in [-0.39, 0.29) is 33.8 Å². The number of piperidine rings is 1. The van der Waals surface area contributed by atoms with Crippen LogP contribution in [0.2, 0.25) is 0 Å². The van der Waals surface area contributed by atoms with Crippen LogP contribution >= 0.6 is 22.6 Å². The molecule has 2 N–H and O–H groups in total. The predicted octanol–water partition coefficient (Wildman–Crippen LogP) is 2.56. The third kappa shape index (κ3) is 3.95. The van der Waals surface area contributed by atoms with E-state index < -0.39 is 5.60 Å². The molecule has 4 rings (SSSR count). The Labute approximate surface area is 180 Å². The molecular weight excluding hydrogens is 469 g/mol. The van der Waals surface area contributed by atoms with Crippen molar-refractivity contribution < 1.29 is 24.4 Å². The second-order valence-electron chi connectivity index (χ2n) is 8.57. The highest BCUT2D eigenvalue weighted by atomic mass is 127. The highest BCUT2D eigenvalue weighted by molar-refractivity contribution is 14.1. The Morgan fingerprint density at radius 2 is 1.82 bits per heavy atom.